The van der Waals surface area contributed by atoms with Gasteiger partial charge >= 0.3 is 0 Å². The lowest BCUT2D eigenvalue weighted by atomic mass is 10.2. The minimum Gasteiger partial charge on any atom is -0.396 e. The number of hydrogen-bond acceptors (Lipinski definition) is 1. The third-order valence-corrected chi connectivity index (χ3v) is 0.906. The predicted octanol–water partition coefficient (Wildman–Crippen LogP) is 0.578. The van der Waals surface area contributed by atoms with Crippen LogP contribution in [0.25, 0.3) is 0 Å². The van der Waals surface area contributed by atoms with Crippen LogP contribution >= 0.6 is 0 Å². The van der Waals surface area contributed by atoms with Crippen LogP contribution in [0.1, 0.15) is 19.8 Å². The van der Waals surface area contributed by atoms with Gasteiger partial charge in [-0.25, -0.2) is 5.11 Å². The molecular formula is C5H11O2. The summed E-state index contributed by atoms with van der Waals surface area (Å²) in [5, 5.41) is 18.5. The van der Waals surface area contributed by atoms with Gasteiger partial charge in [-0.1, -0.05) is 6.92 Å². The van der Waals surface area contributed by atoms with Crippen molar-refractivity contribution in [2.24, 2.45) is 0 Å². The highest BCUT2D eigenvalue weighted by atomic mass is 16.3. The zero-order valence-electron chi connectivity index (χ0n) is 4.55. The summed E-state index contributed by atoms with van der Waals surface area (Å²) in [7, 11) is 0. The van der Waals surface area contributed by atoms with E-state index in [4.69, 9.17) is 5.11 Å². The molecule has 0 aromatic carbocycles. The summed E-state index contributed by atoms with van der Waals surface area (Å²) in [4.78, 5) is 0. The van der Waals surface area contributed by atoms with Gasteiger partial charge < -0.3 is 5.11 Å². The van der Waals surface area contributed by atoms with Crippen LogP contribution in [0.3, 0.4) is 0 Å². The first-order valence-electron chi connectivity index (χ1n) is 2.58. The van der Waals surface area contributed by atoms with Gasteiger partial charge in [0.2, 0.25) is 0 Å². The van der Waals surface area contributed by atoms with Crippen molar-refractivity contribution in [3.8, 4) is 0 Å². The first-order valence-corrected chi connectivity index (χ1v) is 2.58. The van der Waals surface area contributed by atoms with Crippen LogP contribution in [0.4, 0.5) is 0 Å². The Bertz CT molecular complexity index is 37.1. The lowest BCUT2D eigenvalue weighted by Crippen LogP contribution is -2.03. The molecule has 1 N–H and O–H groups in total. The summed E-state index contributed by atoms with van der Waals surface area (Å²) in [5.74, 6) is 0. The van der Waals surface area contributed by atoms with E-state index in [2.05, 4.69) is 0 Å². The van der Waals surface area contributed by atoms with Gasteiger partial charge in [-0.15, -0.1) is 0 Å². The second-order valence-corrected chi connectivity index (χ2v) is 1.54. The van der Waals surface area contributed by atoms with E-state index in [1.165, 1.54) is 0 Å². The van der Waals surface area contributed by atoms with Crippen LogP contribution in [-0.2, 0) is 5.11 Å². The summed E-state index contributed by atoms with van der Waals surface area (Å²) in [5.41, 5.74) is 0. The molecule has 0 aromatic heterocycles. The van der Waals surface area contributed by atoms with Gasteiger partial charge in [-0.05, 0) is 12.8 Å². The number of aliphatic hydroxyl groups is 1. The molecule has 7 heavy (non-hydrogen) atoms. The van der Waals surface area contributed by atoms with E-state index in [9.17, 15) is 5.11 Å². The van der Waals surface area contributed by atoms with Crippen molar-refractivity contribution in [2.75, 3.05) is 6.61 Å². The summed E-state index contributed by atoms with van der Waals surface area (Å²) < 4.78 is 0. The standard InChI is InChI=1S/C5H11O2/c1-2-5(7)3-4-6/h5-6H,2-4H2,1H3. The van der Waals surface area contributed by atoms with E-state index in [0.29, 0.717) is 12.8 Å². The van der Waals surface area contributed by atoms with Crippen molar-refractivity contribution in [2.45, 2.75) is 25.9 Å². The van der Waals surface area contributed by atoms with E-state index in [1.807, 2.05) is 6.92 Å². The normalized spacial score (nSPS) is 14.1. The molecular weight excluding hydrogens is 92.1 g/mol. The van der Waals surface area contributed by atoms with E-state index >= 15 is 0 Å². The highest BCUT2D eigenvalue weighted by Gasteiger charge is 1.98. The maximum Gasteiger partial charge on any atom is 0.0949 e. The lowest BCUT2D eigenvalue weighted by Gasteiger charge is -1.97. The summed E-state index contributed by atoms with van der Waals surface area (Å²) in [6, 6.07) is 0. The van der Waals surface area contributed by atoms with Crippen molar-refractivity contribution in [3.63, 3.8) is 0 Å². The minimum absolute atomic E-state index is 0.0298. The summed E-state index contributed by atoms with van der Waals surface area (Å²) in [6.45, 7) is 1.86. The quantitative estimate of drug-likeness (QED) is 0.557. The van der Waals surface area contributed by atoms with Crippen LogP contribution in [0, 0.1) is 0 Å². The van der Waals surface area contributed by atoms with Crippen LogP contribution < -0.4 is 0 Å². The zero-order chi connectivity index (χ0) is 5.70. The Morgan fingerprint density at radius 1 is 1.71 bits per heavy atom. The fraction of sp³-hybridized carbons (Fsp3) is 1.00. The second-order valence-electron chi connectivity index (χ2n) is 1.54. The van der Waals surface area contributed by atoms with Crippen LogP contribution in [0.15, 0.2) is 0 Å². The molecule has 0 saturated carbocycles. The molecule has 0 saturated heterocycles. The molecule has 0 aliphatic carbocycles. The molecule has 0 amide bonds. The van der Waals surface area contributed by atoms with E-state index in [0.717, 1.165) is 0 Å². The van der Waals surface area contributed by atoms with Crippen LogP contribution in [-0.4, -0.2) is 17.8 Å². The monoisotopic (exact) mass is 103 g/mol. The molecule has 1 unspecified atom stereocenters. The predicted molar refractivity (Wildman–Crippen MR) is 26.5 cm³/mol. The highest BCUT2D eigenvalue weighted by Crippen LogP contribution is 1.94. The molecule has 0 heterocycles. The Morgan fingerprint density at radius 2 is 2.29 bits per heavy atom. The molecule has 0 rings (SSSR count). The molecule has 0 aliphatic heterocycles. The van der Waals surface area contributed by atoms with Crippen LogP contribution in [0.5, 0.6) is 0 Å². The van der Waals surface area contributed by atoms with Crippen molar-refractivity contribution >= 4 is 0 Å². The number of aliphatic hydroxyl groups excluding tert-OH is 1. The van der Waals surface area contributed by atoms with Crippen molar-refractivity contribution in [1.29, 1.82) is 0 Å². The minimum atomic E-state index is -0.551. The smallest absolute Gasteiger partial charge is 0.0949 e. The molecule has 0 spiro atoms. The number of rotatable bonds is 3. The Kier molecular flexibility index (Phi) is 4.04. The lowest BCUT2D eigenvalue weighted by molar-refractivity contribution is 0.0613. The van der Waals surface area contributed by atoms with Gasteiger partial charge in [0.05, 0.1) is 6.10 Å². The molecule has 2 heteroatoms. The molecule has 1 atom stereocenters. The topological polar surface area (TPSA) is 40.1 Å². The SMILES string of the molecule is CCC([O])CCO. The Morgan fingerprint density at radius 3 is 2.43 bits per heavy atom. The molecule has 0 fully saturated rings. The third-order valence-electron chi connectivity index (χ3n) is 0.906. The molecule has 0 aromatic rings. The molecule has 1 radical (unpaired) electrons. The van der Waals surface area contributed by atoms with Crippen molar-refractivity contribution in [1.82, 2.24) is 0 Å². The number of hydrogen-bond donors (Lipinski definition) is 1. The van der Waals surface area contributed by atoms with Gasteiger partial charge in [0.15, 0.2) is 0 Å². The van der Waals surface area contributed by atoms with E-state index in [-0.39, 0.29) is 6.61 Å². The molecule has 2 nitrogen and oxygen atoms in total. The second kappa shape index (κ2) is 4.09. The largest absolute Gasteiger partial charge is 0.396 e. The molecule has 0 bridgehead atoms. The van der Waals surface area contributed by atoms with Gasteiger partial charge in [0.1, 0.15) is 0 Å². The fourth-order valence-electron chi connectivity index (χ4n) is 0.348. The van der Waals surface area contributed by atoms with Gasteiger partial charge in [-0.2, -0.15) is 0 Å². The van der Waals surface area contributed by atoms with Gasteiger partial charge in [0, 0.05) is 6.61 Å². The average molecular weight is 103 g/mol. The Hall–Kier alpha value is -0.0800. The van der Waals surface area contributed by atoms with Gasteiger partial charge in [0.25, 0.3) is 0 Å². The van der Waals surface area contributed by atoms with E-state index < -0.39 is 6.10 Å². The molecule has 43 valence electrons. The first kappa shape index (κ1) is 6.92. The molecule has 0 aliphatic rings. The third kappa shape index (κ3) is 3.76. The first-order chi connectivity index (χ1) is 3.31. The maximum atomic E-state index is 10.3. The zero-order valence-corrected chi connectivity index (χ0v) is 4.55. The van der Waals surface area contributed by atoms with Gasteiger partial charge in [-0.3, -0.25) is 0 Å². The maximum absolute atomic E-state index is 10.3. The highest BCUT2D eigenvalue weighted by molar-refractivity contribution is 4.47. The van der Waals surface area contributed by atoms with Crippen molar-refractivity contribution in [3.05, 3.63) is 0 Å². The fourth-order valence-corrected chi connectivity index (χ4v) is 0.348. The van der Waals surface area contributed by atoms with E-state index in [1.54, 1.807) is 0 Å². The average Bonchev–Trinajstić information content (AvgIpc) is 1.68. The van der Waals surface area contributed by atoms with Crippen molar-refractivity contribution < 1.29 is 10.2 Å². The Labute approximate surface area is 43.8 Å². The summed E-state index contributed by atoms with van der Waals surface area (Å²) in [6.07, 6.45) is 0.474. The van der Waals surface area contributed by atoms with Crippen LogP contribution in [0.2, 0.25) is 0 Å². The Balaban J connectivity index is 2.83. The summed E-state index contributed by atoms with van der Waals surface area (Å²) >= 11 is 0.